The molecule has 1 heterocycles. The van der Waals surface area contributed by atoms with Crippen LogP contribution in [0.4, 0.5) is 5.82 Å². The molecule has 1 aliphatic rings. The van der Waals surface area contributed by atoms with Crippen LogP contribution in [0.25, 0.3) is 0 Å². The Bertz CT molecular complexity index is 736. The van der Waals surface area contributed by atoms with Gasteiger partial charge >= 0.3 is 5.97 Å². The van der Waals surface area contributed by atoms with Crippen LogP contribution in [0.5, 0.6) is 0 Å². The van der Waals surface area contributed by atoms with E-state index in [1.165, 1.54) is 0 Å². The molecule has 1 aromatic carbocycles. The molecule has 23 heavy (non-hydrogen) atoms. The maximum atomic E-state index is 12.3. The van der Waals surface area contributed by atoms with Gasteiger partial charge in [-0.05, 0) is 49.9 Å². The van der Waals surface area contributed by atoms with E-state index in [4.69, 9.17) is 16.3 Å². The van der Waals surface area contributed by atoms with Gasteiger partial charge in [-0.2, -0.15) is 5.10 Å². The molecule has 6 nitrogen and oxygen atoms in total. The number of rotatable bonds is 5. The summed E-state index contributed by atoms with van der Waals surface area (Å²) in [5.41, 5.74) is 1.52. The lowest BCUT2D eigenvalue weighted by Crippen LogP contribution is -2.14. The molecule has 2 N–H and O–H groups in total. The van der Waals surface area contributed by atoms with Crippen LogP contribution in [0, 0.1) is 0 Å². The fraction of sp³-hybridized carbons (Fsp3) is 0.312. The van der Waals surface area contributed by atoms with Gasteiger partial charge in [-0.15, -0.1) is 0 Å². The molecule has 0 radical (unpaired) electrons. The maximum absolute atomic E-state index is 12.3. The number of hydrogen-bond acceptors (Lipinski definition) is 4. The normalized spacial score (nSPS) is 13.7. The van der Waals surface area contributed by atoms with Crippen LogP contribution >= 0.6 is 11.6 Å². The van der Waals surface area contributed by atoms with Gasteiger partial charge < -0.3 is 10.1 Å². The third-order valence-electron chi connectivity index (χ3n) is 3.61. The van der Waals surface area contributed by atoms with Gasteiger partial charge in [0, 0.05) is 16.1 Å². The lowest BCUT2D eigenvalue weighted by molar-refractivity contribution is 0.0518. The van der Waals surface area contributed by atoms with Crippen molar-refractivity contribution in [1.29, 1.82) is 0 Å². The van der Waals surface area contributed by atoms with Crippen LogP contribution in [-0.2, 0) is 4.74 Å². The highest BCUT2D eigenvalue weighted by Gasteiger charge is 2.34. The first kappa shape index (κ1) is 15.6. The number of nitrogens with zero attached hydrogens (tertiary/aromatic N) is 1. The Labute approximate surface area is 138 Å². The summed E-state index contributed by atoms with van der Waals surface area (Å²) in [6.45, 7) is 2.03. The van der Waals surface area contributed by atoms with Crippen molar-refractivity contribution in [2.45, 2.75) is 25.7 Å². The summed E-state index contributed by atoms with van der Waals surface area (Å²) in [7, 11) is 0. The number of aromatic nitrogens is 2. The van der Waals surface area contributed by atoms with E-state index in [1.54, 1.807) is 31.2 Å². The van der Waals surface area contributed by atoms with Gasteiger partial charge in [-0.1, -0.05) is 11.6 Å². The number of anilines is 1. The van der Waals surface area contributed by atoms with Crippen LogP contribution in [-0.4, -0.2) is 28.7 Å². The van der Waals surface area contributed by atoms with Crippen molar-refractivity contribution in [2.75, 3.05) is 11.9 Å². The van der Waals surface area contributed by atoms with Crippen LogP contribution in [0.1, 0.15) is 52.1 Å². The first-order chi connectivity index (χ1) is 11.1. The minimum absolute atomic E-state index is 0.230. The van der Waals surface area contributed by atoms with Crippen molar-refractivity contribution in [3.05, 3.63) is 46.1 Å². The highest BCUT2D eigenvalue weighted by atomic mass is 35.5. The van der Waals surface area contributed by atoms with Gasteiger partial charge in [0.1, 0.15) is 5.69 Å². The average molecular weight is 334 g/mol. The topological polar surface area (TPSA) is 84.1 Å². The summed E-state index contributed by atoms with van der Waals surface area (Å²) < 4.78 is 5.03. The molecule has 1 amide bonds. The largest absolute Gasteiger partial charge is 0.461 e. The van der Waals surface area contributed by atoms with E-state index in [-0.39, 0.29) is 18.4 Å². The second kappa shape index (κ2) is 6.42. The molecule has 1 saturated carbocycles. The van der Waals surface area contributed by atoms with E-state index in [2.05, 4.69) is 15.5 Å². The standard InChI is InChI=1S/C16H16ClN3O3/c1-2-23-16(22)13-12(9-3-4-9)14(20-19-13)18-15(21)10-5-7-11(17)8-6-10/h5-9H,2-4H2,1H3,(H2,18,19,20,21). The van der Waals surface area contributed by atoms with Crippen LogP contribution in [0.15, 0.2) is 24.3 Å². The maximum Gasteiger partial charge on any atom is 0.356 e. The number of halogens is 1. The molecule has 0 atom stereocenters. The number of benzene rings is 1. The number of H-pyrrole nitrogens is 1. The molecule has 1 aromatic heterocycles. The predicted octanol–water partition coefficient (Wildman–Crippen LogP) is 3.37. The van der Waals surface area contributed by atoms with E-state index in [9.17, 15) is 9.59 Å². The molecular weight excluding hydrogens is 318 g/mol. The minimum atomic E-state index is -0.450. The Morgan fingerprint density at radius 1 is 1.35 bits per heavy atom. The monoisotopic (exact) mass is 333 g/mol. The van der Waals surface area contributed by atoms with Crippen molar-refractivity contribution in [2.24, 2.45) is 0 Å². The molecule has 0 saturated heterocycles. The van der Waals surface area contributed by atoms with Gasteiger partial charge in [0.2, 0.25) is 0 Å². The molecule has 1 fully saturated rings. The number of esters is 1. The summed E-state index contributed by atoms with van der Waals surface area (Å²) in [5, 5.41) is 10.1. The molecule has 0 unspecified atom stereocenters. The number of carbonyl (C=O) groups excluding carboxylic acids is 2. The van der Waals surface area contributed by atoms with Gasteiger partial charge in [0.15, 0.2) is 5.82 Å². The van der Waals surface area contributed by atoms with Crippen molar-refractivity contribution < 1.29 is 14.3 Å². The number of amides is 1. The molecule has 1 aliphatic carbocycles. The molecule has 120 valence electrons. The SMILES string of the molecule is CCOC(=O)c1[nH]nc(NC(=O)c2ccc(Cl)cc2)c1C1CC1. The number of aromatic amines is 1. The molecule has 0 spiro atoms. The second-order valence-corrected chi connectivity index (χ2v) is 5.75. The minimum Gasteiger partial charge on any atom is -0.461 e. The number of nitrogens with one attached hydrogen (secondary N) is 2. The molecule has 0 bridgehead atoms. The molecule has 7 heteroatoms. The van der Waals surface area contributed by atoms with E-state index in [0.717, 1.165) is 18.4 Å². The number of carbonyl (C=O) groups is 2. The van der Waals surface area contributed by atoms with Crippen LogP contribution in [0.3, 0.4) is 0 Å². The van der Waals surface area contributed by atoms with Gasteiger partial charge in [-0.3, -0.25) is 9.89 Å². The summed E-state index contributed by atoms with van der Waals surface area (Å²) >= 11 is 5.82. The molecule has 0 aliphatic heterocycles. The van der Waals surface area contributed by atoms with Crippen molar-refractivity contribution in [3.8, 4) is 0 Å². The summed E-state index contributed by atoms with van der Waals surface area (Å²) in [6.07, 6.45) is 1.94. The zero-order chi connectivity index (χ0) is 16.4. The predicted molar refractivity (Wildman–Crippen MR) is 85.9 cm³/mol. The number of ether oxygens (including phenoxy) is 1. The smallest absolute Gasteiger partial charge is 0.356 e. The van der Waals surface area contributed by atoms with Gasteiger partial charge in [-0.25, -0.2) is 4.79 Å². The van der Waals surface area contributed by atoms with Crippen LogP contribution < -0.4 is 5.32 Å². The lowest BCUT2D eigenvalue weighted by atomic mass is 10.1. The Balaban J connectivity index is 1.84. The molecule has 3 rings (SSSR count). The molecular formula is C16H16ClN3O3. The second-order valence-electron chi connectivity index (χ2n) is 5.32. The third kappa shape index (κ3) is 3.37. The first-order valence-electron chi connectivity index (χ1n) is 7.42. The van der Waals surface area contributed by atoms with Crippen LogP contribution in [0.2, 0.25) is 5.02 Å². The van der Waals surface area contributed by atoms with Gasteiger partial charge in [0.05, 0.1) is 6.61 Å². The van der Waals surface area contributed by atoms with Crippen molar-refractivity contribution >= 4 is 29.3 Å². The van der Waals surface area contributed by atoms with E-state index < -0.39 is 5.97 Å². The lowest BCUT2D eigenvalue weighted by Gasteiger charge is -2.06. The summed E-state index contributed by atoms with van der Waals surface area (Å²) in [6, 6.07) is 6.56. The van der Waals surface area contributed by atoms with E-state index in [0.29, 0.717) is 22.1 Å². The summed E-state index contributed by atoms with van der Waals surface area (Å²) in [5.74, 6) is -0.136. The highest BCUT2D eigenvalue weighted by molar-refractivity contribution is 6.30. The van der Waals surface area contributed by atoms with E-state index in [1.807, 2.05) is 0 Å². The average Bonchev–Trinajstić information content (AvgIpc) is 3.29. The fourth-order valence-electron chi connectivity index (χ4n) is 2.36. The quantitative estimate of drug-likeness (QED) is 0.822. The first-order valence-corrected chi connectivity index (χ1v) is 7.80. The van der Waals surface area contributed by atoms with Crippen molar-refractivity contribution in [3.63, 3.8) is 0 Å². The summed E-state index contributed by atoms with van der Waals surface area (Å²) in [4.78, 5) is 24.3. The Morgan fingerprint density at radius 2 is 2.04 bits per heavy atom. The van der Waals surface area contributed by atoms with E-state index >= 15 is 0 Å². The highest BCUT2D eigenvalue weighted by Crippen LogP contribution is 2.44. The Hall–Kier alpha value is -2.34. The fourth-order valence-corrected chi connectivity index (χ4v) is 2.48. The number of hydrogen-bond donors (Lipinski definition) is 2. The van der Waals surface area contributed by atoms with Gasteiger partial charge in [0.25, 0.3) is 5.91 Å². The third-order valence-corrected chi connectivity index (χ3v) is 3.86. The van der Waals surface area contributed by atoms with Crippen molar-refractivity contribution in [1.82, 2.24) is 10.2 Å². The Kier molecular flexibility index (Phi) is 4.34. The zero-order valence-electron chi connectivity index (χ0n) is 12.6. The Morgan fingerprint density at radius 3 is 2.65 bits per heavy atom. The zero-order valence-corrected chi connectivity index (χ0v) is 13.3. The molecule has 2 aromatic rings.